The van der Waals surface area contributed by atoms with Crippen molar-refractivity contribution >= 4 is 57.8 Å². The molecular weight excluding hydrogens is 391 g/mol. The Morgan fingerprint density at radius 3 is 2.24 bits per heavy atom. The third-order valence-corrected chi connectivity index (χ3v) is 4.04. The van der Waals surface area contributed by atoms with Gasteiger partial charge in [-0.1, -0.05) is 34.8 Å². The Kier molecular flexibility index (Phi) is 5.94. The minimum Gasteiger partial charge on any atom is -0.377 e. The van der Waals surface area contributed by atoms with Crippen molar-refractivity contribution < 1.29 is 9.72 Å². The molecule has 10 heteroatoms. The van der Waals surface area contributed by atoms with Crippen molar-refractivity contribution in [1.82, 2.24) is 5.43 Å². The SMILES string of the molecule is CN(C)c1ccc([N+](=O)[O-])cc1C(=O)NNc1c(Cl)cc(Cl)cc1Cl. The smallest absolute Gasteiger partial charge is 0.271 e. The lowest BCUT2D eigenvalue weighted by Gasteiger charge is -2.18. The fraction of sp³-hybridized carbons (Fsp3) is 0.133. The molecule has 0 heterocycles. The van der Waals surface area contributed by atoms with Crippen molar-refractivity contribution in [2.24, 2.45) is 0 Å². The van der Waals surface area contributed by atoms with Gasteiger partial charge in [0.05, 0.1) is 26.2 Å². The van der Waals surface area contributed by atoms with Crippen LogP contribution in [0.25, 0.3) is 0 Å². The standard InChI is InChI=1S/C15H13Cl3N4O3/c1-21(2)13-4-3-9(22(24)25)7-10(13)15(23)20-19-14-11(17)5-8(16)6-12(14)18/h3-7,19H,1-2H3,(H,20,23). The van der Waals surface area contributed by atoms with E-state index in [-0.39, 0.29) is 27.0 Å². The van der Waals surface area contributed by atoms with Crippen LogP contribution in [0.1, 0.15) is 10.4 Å². The van der Waals surface area contributed by atoms with Crippen LogP contribution in [-0.4, -0.2) is 24.9 Å². The molecule has 132 valence electrons. The Balaban J connectivity index is 2.29. The lowest BCUT2D eigenvalue weighted by atomic mass is 10.1. The van der Waals surface area contributed by atoms with Crippen LogP contribution in [0.3, 0.4) is 0 Å². The minimum absolute atomic E-state index is 0.118. The molecule has 0 saturated carbocycles. The van der Waals surface area contributed by atoms with Crippen LogP contribution < -0.4 is 15.8 Å². The van der Waals surface area contributed by atoms with Gasteiger partial charge in [0.15, 0.2) is 0 Å². The number of nitrogens with one attached hydrogen (secondary N) is 2. The molecule has 25 heavy (non-hydrogen) atoms. The van der Waals surface area contributed by atoms with Crippen LogP contribution in [0, 0.1) is 10.1 Å². The van der Waals surface area contributed by atoms with E-state index in [1.165, 1.54) is 30.3 Å². The number of nitrogens with zero attached hydrogens (tertiary/aromatic N) is 2. The number of carbonyl (C=O) groups is 1. The molecule has 2 aromatic carbocycles. The minimum atomic E-state index is -0.588. The molecule has 0 fully saturated rings. The van der Waals surface area contributed by atoms with E-state index in [0.29, 0.717) is 10.7 Å². The van der Waals surface area contributed by atoms with E-state index in [1.54, 1.807) is 19.0 Å². The average Bonchev–Trinajstić information content (AvgIpc) is 2.52. The summed E-state index contributed by atoms with van der Waals surface area (Å²) in [4.78, 5) is 24.5. The first kappa shape index (κ1) is 19.1. The number of hydrazine groups is 1. The Labute approximate surface area is 158 Å². The van der Waals surface area contributed by atoms with Gasteiger partial charge in [-0.2, -0.15) is 0 Å². The monoisotopic (exact) mass is 402 g/mol. The Hall–Kier alpha value is -2.22. The van der Waals surface area contributed by atoms with Crippen LogP contribution >= 0.6 is 34.8 Å². The quantitative estimate of drug-likeness (QED) is 0.571. The van der Waals surface area contributed by atoms with Crippen LogP contribution in [0.5, 0.6) is 0 Å². The van der Waals surface area contributed by atoms with Crippen molar-refractivity contribution in [3.05, 3.63) is 61.1 Å². The highest BCUT2D eigenvalue weighted by atomic mass is 35.5. The lowest BCUT2D eigenvalue weighted by Crippen LogP contribution is -2.31. The van der Waals surface area contributed by atoms with E-state index in [4.69, 9.17) is 34.8 Å². The zero-order chi connectivity index (χ0) is 18.7. The molecule has 0 spiro atoms. The summed E-state index contributed by atoms with van der Waals surface area (Å²) in [5.41, 5.74) is 5.74. The number of benzene rings is 2. The second-order valence-corrected chi connectivity index (χ2v) is 6.43. The molecule has 0 unspecified atom stereocenters. The van der Waals surface area contributed by atoms with Gasteiger partial charge in [-0.15, -0.1) is 0 Å². The molecule has 2 aromatic rings. The summed E-state index contributed by atoms with van der Waals surface area (Å²) < 4.78 is 0. The highest BCUT2D eigenvalue weighted by Crippen LogP contribution is 2.33. The van der Waals surface area contributed by atoms with E-state index in [0.717, 1.165) is 0 Å². The Morgan fingerprint density at radius 1 is 1.12 bits per heavy atom. The summed E-state index contributed by atoms with van der Waals surface area (Å²) in [7, 11) is 3.44. The van der Waals surface area contributed by atoms with Crippen LogP contribution in [0.2, 0.25) is 15.1 Å². The third-order valence-electron chi connectivity index (χ3n) is 3.23. The molecule has 1 amide bonds. The first-order valence-electron chi connectivity index (χ1n) is 6.87. The Bertz CT molecular complexity index is 820. The van der Waals surface area contributed by atoms with Crippen LogP contribution in [0.4, 0.5) is 17.1 Å². The maximum atomic E-state index is 12.5. The predicted molar refractivity (Wildman–Crippen MR) is 100.0 cm³/mol. The highest BCUT2D eigenvalue weighted by molar-refractivity contribution is 6.41. The summed E-state index contributed by atoms with van der Waals surface area (Å²) in [6.45, 7) is 0. The highest BCUT2D eigenvalue weighted by Gasteiger charge is 2.18. The van der Waals surface area contributed by atoms with Crippen molar-refractivity contribution in [3.8, 4) is 0 Å². The van der Waals surface area contributed by atoms with E-state index < -0.39 is 10.8 Å². The number of hydrogen-bond acceptors (Lipinski definition) is 5. The summed E-state index contributed by atoms with van der Waals surface area (Å²) in [6, 6.07) is 6.93. The number of carbonyl (C=O) groups excluding carboxylic acids is 1. The van der Waals surface area contributed by atoms with E-state index in [1.807, 2.05) is 0 Å². The molecule has 2 rings (SSSR count). The number of halogens is 3. The maximum absolute atomic E-state index is 12.5. The molecule has 7 nitrogen and oxygen atoms in total. The van der Waals surface area contributed by atoms with Crippen molar-refractivity contribution in [1.29, 1.82) is 0 Å². The summed E-state index contributed by atoms with van der Waals surface area (Å²) in [5, 5.41) is 11.7. The molecule has 0 aliphatic heterocycles. The first-order chi connectivity index (χ1) is 11.7. The summed E-state index contributed by atoms with van der Waals surface area (Å²) in [5.74, 6) is -0.588. The van der Waals surface area contributed by atoms with E-state index >= 15 is 0 Å². The molecule has 0 saturated heterocycles. The number of rotatable bonds is 5. The van der Waals surface area contributed by atoms with Gasteiger partial charge >= 0.3 is 0 Å². The van der Waals surface area contributed by atoms with Gasteiger partial charge in [-0.25, -0.2) is 0 Å². The number of anilines is 2. The number of nitro benzene ring substituents is 1. The topological polar surface area (TPSA) is 87.5 Å². The molecule has 0 radical (unpaired) electrons. The molecule has 0 atom stereocenters. The van der Waals surface area contributed by atoms with Gasteiger partial charge in [-0.05, 0) is 18.2 Å². The van der Waals surface area contributed by atoms with Crippen molar-refractivity contribution in [3.63, 3.8) is 0 Å². The number of non-ortho nitro benzene ring substituents is 1. The zero-order valence-corrected chi connectivity index (χ0v) is 15.4. The van der Waals surface area contributed by atoms with Gasteiger partial charge in [0.1, 0.15) is 0 Å². The molecule has 2 N–H and O–H groups in total. The number of nitro groups is 1. The molecule has 0 aliphatic rings. The summed E-state index contributed by atoms with van der Waals surface area (Å²) >= 11 is 17.9. The zero-order valence-electron chi connectivity index (χ0n) is 13.1. The van der Waals surface area contributed by atoms with Crippen molar-refractivity contribution in [2.45, 2.75) is 0 Å². The fourth-order valence-corrected chi connectivity index (χ4v) is 2.97. The Morgan fingerprint density at radius 2 is 1.72 bits per heavy atom. The first-order valence-corrected chi connectivity index (χ1v) is 8.00. The van der Waals surface area contributed by atoms with Gasteiger partial charge in [-0.3, -0.25) is 25.8 Å². The van der Waals surface area contributed by atoms with Crippen LogP contribution in [-0.2, 0) is 0 Å². The normalized spacial score (nSPS) is 10.3. The van der Waals surface area contributed by atoms with Gasteiger partial charge in [0, 0.05) is 36.9 Å². The number of amides is 1. The van der Waals surface area contributed by atoms with Gasteiger partial charge < -0.3 is 4.90 Å². The predicted octanol–water partition coefficient (Wildman–Crippen LogP) is 4.38. The maximum Gasteiger partial charge on any atom is 0.271 e. The third kappa shape index (κ3) is 4.45. The fourth-order valence-electron chi connectivity index (χ4n) is 2.06. The van der Waals surface area contributed by atoms with E-state index in [9.17, 15) is 14.9 Å². The number of hydrogen-bond donors (Lipinski definition) is 2. The molecule has 0 bridgehead atoms. The van der Waals surface area contributed by atoms with Crippen molar-refractivity contribution in [2.75, 3.05) is 24.4 Å². The lowest BCUT2D eigenvalue weighted by molar-refractivity contribution is -0.384. The van der Waals surface area contributed by atoms with Crippen LogP contribution in [0.15, 0.2) is 30.3 Å². The molecule has 0 aromatic heterocycles. The second-order valence-electron chi connectivity index (χ2n) is 5.18. The summed E-state index contributed by atoms with van der Waals surface area (Å²) in [6.07, 6.45) is 0. The average molecular weight is 404 g/mol. The largest absolute Gasteiger partial charge is 0.377 e. The molecule has 0 aliphatic carbocycles. The molecular formula is C15H13Cl3N4O3. The van der Waals surface area contributed by atoms with E-state index in [2.05, 4.69) is 10.9 Å². The van der Waals surface area contributed by atoms with Gasteiger partial charge in [0.2, 0.25) is 0 Å². The van der Waals surface area contributed by atoms with Gasteiger partial charge in [0.25, 0.3) is 11.6 Å². The second kappa shape index (κ2) is 7.77.